The first-order valence-corrected chi connectivity index (χ1v) is 8.72. The Morgan fingerprint density at radius 3 is 2.75 bits per heavy atom. The van der Waals surface area contributed by atoms with Gasteiger partial charge >= 0.3 is 0 Å². The Hall–Kier alpha value is -0.390. The van der Waals surface area contributed by atoms with Gasteiger partial charge in [0.1, 0.15) is 0 Å². The molecule has 110 valence electrons. The Balaban J connectivity index is 1.62. The van der Waals surface area contributed by atoms with Crippen LogP contribution >= 0.6 is 15.9 Å². The number of halogens is 1. The van der Waals surface area contributed by atoms with Gasteiger partial charge in [0.05, 0.1) is 22.4 Å². The van der Waals surface area contributed by atoms with E-state index in [1.54, 1.807) is 0 Å². The minimum Gasteiger partial charge on any atom is -0.271 e. The summed E-state index contributed by atoms with van der Waals surface area (Å²) in [4.78, 5) is 0. The Morgan fingerprint density at radius 1 is 1.45 bits per heavy atom. The lowest BCUT2D eigenvalue weighted by atomic mass is 9.96. The van der Waals surface area contributed by atoms with E-state index in [1.807, 2.05) is 6.20 Å². The van der Waals surface area contributed by atoms with Crippen LogP contribution in [-0.4, -0.2) is 9.78 Å². The number of aryl methyl sites for hydroxylation is 1. The second-order valence-electron chi connectivity index (χ2n) is 6.81. The smallest absolute Gasteiger partial charge is 0.0712 e. The van der Waals surface area contributed by atoms with Gasteiger partial charge in [0.2, 0.25) is 0 Å². The minimum atomic E-state index is 0.261. The molecule has 1 aromatic rings. The van der Waals surface area contributed by atoms with E-state index in [2.05, 4.69) is 38.1 Å². The number of fused-ring (bicyclic) bond motifs is 5. The van der Waals surface area contributed by atoms with E-state index < -0.39 is 0 Å². The number of hydrogen-bond donors (Lipinski definition) is 2. The van der Waals surface area contributed by atoms with Crippen molar-refractivity contribution in [3.05, 3.63) is 16.4 Å². The fourth-order valence-electron chi connectivity index (χ4n) is 5.28. The molecule has 3 aliphatic rings. The summed E-state index contributed by atoms with van der Waals surface area (Å²) >= 11 is 3.67. The van der Waals surface area contributed by atoms with Gasteiger partial charge in [0.25, 0.3) is 0 Å². The first-order chi connectivity index (χ1) is 9.76. The number of nitrogens with zero attached hydrogens (tertiary/aromatic N) is 2. The zero-order valence-electron chi connectivity index (χ0n) is 11.9. The topological polar surface area (TPSA) is 55.9 Å². The van der Waals surface area contributed by atoms with Gasteiger partial charge in [-0.3, -0.25) is 16.0 Å². The van der Waals surface area contributed by atoms with Gasteiger partial charge in [0.15, 0.2) is 0 Å². The summed E-state index contributed by atoms with van der Waals surface area (Å²) in [6, 6.07) is 0.261. The summed E-state index contributed by atoms with van der Waals surface area (Å²) in [5.74, 6) is 10.5. The molecule has 0 saturated heterocycles. The van der Waals surface area contributed by atoms with Crippen LogP contribution in [-0.2, 0) is 6.54 Å². The van der Waals surface area contributed by atoms with Crippen LogP contribution < -0.4 is 11.3 Å². The maximum Gasteiger partial charge on any atom is 0.0712 e. The van der Waals surface area contributed by atoms with Crippen LogP contribution in [0.25, 0.3) is 0 Å². The fraction of sp³-hybridized carbons (Fsp3) is 0.800. The van der Waals surface area contributed by atoms with Crippen molar-refractivity contribution in [1.82, 2.24) is 15.2 Å². The Morgan fingerprint density at radius 2 is 2.15 bits per heavy atom. The highest BCUT2D eigenvalue weighted by molar-refractivity contribution is 9.10. The van der Waals surface area contributed by atoms with Crippen molar-refractivity contribution >= 4 is 15.9 Å². The summed E-state index contributed by atoms with van der Waals surface area (Å²) in [7, 11) is 0. The van der Waals surface area contributed by atoms with E-state index in [1.165, 1.54) is 25.0 Å². The largest absolute Gasteiger partial charge is 0.271 e. The van der Waals surface area contributed by atoms with Gasteiger partial charge in [-0.2, -0.15) is 5.10 Å². The summed E-state index contributed by atoms with van der Waals surface area (Å²) in [6.45, 7) is 3.16. The number of hydrazine groups is 1. The molecule has 3 saturated carbocycles. The Kier molecular flexibility index (Phi) is 3.20. The van der Waals surface area contributed by atoms with Gasteiger partial charge in [-0.15, -0.1) is 0 Å². The molecule has 5 atom stereocenters. The molecule has 0 aliphatic heterocycles. The monoisotopic (exact) mass is 338 g/mol. The van der Waals surface area contributed by atoms with Crippen LogP contribution in [0.15, 0.2) is 10.7 Å². The summed E-state index contributed by atoms with van der Waals surface area (Å²) in [6.07, 6.45) is 7.41. The Bertz CT molecular complexity index is 498. The number of nitrogens with two attached hydrogens (primary N) is 1. The average Bonchev–Trinajstić information content (AvgIpc) is 2.77. The van der Waals surface area contributed by atoms with E-state index in [-0.39, 0.29) is 6.04 Å². The molecule has 0 radical (unpaired) electrons. The third kappa shape index (κ3) is 1.76. The zero-order chi connectivity index (χ0) is 13.9. The lowest BCUT2D eigenvalue weighted by molar-refractivity contribution is 0.354. The molecular weight excluding hydrogens is 316 g/mol. The quantitative estimate of drug-likeness (QED) is 0.641. The lowest BCUT2D eigenvalue weighted by Crippen LogP contribution is -2.33. The molecule has 1 aromatic heterocycles. The van der Waals surface area contributed by atoms with Crippen molar-refractivity contribution in [3.63, 3.8) is 0 Å². The molecule has 3 aliphatic carbocycles. The number of nitrogens with one attached hydrogen (secondary N) is 1. The van der Waals surface area contributed by atoms with E-state index in [0.717, 1.165) is 47.0 Å². The maximum atomic E-state index is 5.94. The molecule has 0 amide bonds. The highest BCUT2D eigenvalue weighted by Gasteiger charge is 2.67. The van der Waals surface area contributed by atoms with Crippen molar-refractivity contribution < 1.29 is 0 Å². The average molecular weight is 339 g/mol. The van der Waals surface area contributed by atoms with Crippen LogP contribution in [0.5, 0.6) is 0 Å². The van der Waals surface area contributed by atoms with Crippen molar-refractivity contribution in [3.8, 4) is 0 Å². The summed E-state index contributed by atoms with van der Waals surface area (Å²) < 4.78 is 3.23. The third-order valence-electron chi connectivity index (χ3n) is 5.92. The van der Waals surface area contributed by atoms with Gasteiger partial charge in [0, 0.05) is 6.54 Å². The van der Waals surface area contributed by atoms with Crippen LogP contribution in [0.2, 0.25) is 0 Å². The standard InChI is InChI=1S/C15H23BrN4/c1-2-5-20-15(10(16)7-18-20)14(19-17)13-11-8-3-4-9(6-8)12(11)13/h7-9,11-14,19H,2-6,17H2,1H3. The van der Waals surface area contributed by atoms with Crippen LogP contribution in [0.4, 0.5) is 0 Å². The van der Waals surface area contributed by atoms with Crippen molar-refractivity contribution in [2.75, 3.05) is 0 Å². The molecule has 2 bridgehead atoms. The molecular formula is C15H23BrN4. The van der Waals surface area contributed by atoms with Crippen molar-refractivity contribution in [2.45, 2.75) is 45.2 Å². The van der Waals surface area contributed by atoms with Crippen LogP contribution in [0.1, 0.15) is 44.3 Å². The van der Waals surface area contributed by atoms with Crippen molar-refractivity contribution in [1.29, 1.82) is 0 Å². The van der Waals surface area contributed by atoms with E-state index >= 15 is 0 Å². The molecule has 0 aromatic carbocycles. The molecule has 5 unspecified atom stereocenters. The molecule has 4 rings (SSSR count). The molecule has 4 nitrogen and oxygen atoms in total. The highest BCUT2D eigenvalue weighted by atomic mass is 79.9. The third-order valence-corrected chi connectivity index (χ3v) is 6.53. The number of aromatic nitrogens is 2. The van der Waals surface area contributed by atoms with Gasteiger partial charge in [-0.05, 0) is 71.2 Å². The second-order valence-corrected chi connectivity index (χ2v) is 7.66. The zero-order valence-corrected chi connectivity index (χ0v) is 13.5. The first kappa shape index (κ1) is 13.3. The predicted octanol–water partition coefficient (Wildman–Crippen LogP) is 2.85. The predicted molar refractivity (Wildman–Crippen MR) is 81.6 cm³/mol. The normalized spacial score (nSPS) is 39.0. The maximum absolute atomic E-state index is 5.94. The summed E-state index contributed by atoms with van der Waals surface area (Å²) in [5, 5.41) is 4.51. The molecule has 3 N–H and O–H groups in total. The van der Waals surface area contributed by atoms with E-state index in [4.69, 9.17) is 5.84 Å². The fourth-order valence-corrected chi connectivity index (χ4v) is 5.82. The van der Waals surface area contributed by atoms with Gasteiger partial charge < -0.3 is 0 Å². The minimum absolute atomic E-state index is 0.261. The number of hydrogen-bond acceptors (Lipinski definition) is 3. The first-order valence-electron chi connectivity index (χ1n) is 7.93. The lowest BCUT2D eigenvalue weighted by Gasteiger charge is -2.21. The molecule has 3 fully saturated rings. The van der Waals surface area contributed by atoms with Gasteiger partial charge in [-0.1, -0.05) is 6.92 Å². The number of rotatable bonds is 5. The Labute approximate surface area is 128 Å². The highest BCUT2D eigenvalue weighted by Crippen LogP contribution is 2.72. The van der Waals surface area contributed by atoms with Crippen LogP contribution in [0.3, 0.4) is 0 Å². The molecule has 5 heteroatoms. The SMILES string of the molecule is CCCn1ncc(Br)c1C(NN)C1C2C3CCC(C3)C21. The van der Waals surface area contributed by atoms with Gasteiger partial charge in [-0.25, -0.2) is 0 Å². The summed E-state index contributed by atoms with van der Waals surface area (Å²) in [5.41, 5.74) is 4.37. The van der Waals surface area contributed by atoms with Crippen molar-refractivity contribution in [2.24, 2.45) is 35.4 Å². The van der Waals surface area contributed by atoms with Crippen LogP contribution in [0, 0.1) is 29.6 Å². The molecule has 1 heterocycles. The van der Waals surface area contributed by atoms with E-state index in [0.29, 0.717) is 0 Å². The van der Waals surface area contributed by atoms with E-state index in [9.17, 15) is 0 Å². The molecule has 0 spiro atoms. The second kappa shape index (κ2) is 4.82. The molecule has 20 heavy (non-hydrogen) atoms.